The molecule has 3 N–H and O–H groups in total. The van der Waals surface area contributed by atoms with Gasteiger partial charge in [-0.25, -0.2) is 0 Å². The molecule has 0 aliphatic heterocycles. The number of amides is 2. The van der Waals surface area contributed by atoms with Gasteiger partial charge >= 0.3 is 0 Å². The molecule has 1 aromatic carbocycles. The third-order valence-corrected chi connectivity index (χ3v) is 5.19. The van der Waals surface area contributed by atoms with Crippen LogP contribution in [0.4, 0.5) is 5.00 Å². The van der Waals surface area contributed by atoms with Crippen molar-refractivity contribution in [2.24, 2.45) is 5.73 Å². The highest BCUT2D eigenvalue weighted by molar-refractivity contribution is 7.18. The van der Waals surface area contributed by atoms with Gasteiger partial charge in [-0.2, -0.15) is 5.26 Å². The van der Waals surface area contributed by atoms with Crippen LogP contribution in [0.15, 0.2) is 18.2 Å². The van der Waals surface area contributed by atoms with Gasteiger partial charge in [-0.15, -0.1) is 11.3 Å². The van der Waals surface area contributed by atoms with Crippen molar-refractivity contribution in [3.05, 3.63) is 44.2 Å². The fourth-order valence-electron chi connectivity index (χ4n) is 2.17. The number of halogens is 2. The highest BCUT2D eigenvalue weighted by atomic mass is 35.5. The summed E-state index contributed by atoms with van der Waals surface area (Å²) < 4.78 is 5.51. The Bertz CT molecular complexity index is 890. The summed E-state index contributed by atoms with van der Waals surface area (Å²) in [6.45, 7) is 1.91. The van der Waals surface area contributed by atoms with Gasteiger partial charge in [0.05, 0.1) is 22.1 Å². The first-order valence-electron chi connectivity index (χ1n) is 7.54. The summed E-state index contributed by atoms with van der Waals surface area (Å²) in [5.41, 5.74) is 6.00. The van der Waals surface area contributed by atoms with Gasteiger partial charge < -0.3 is 15.8 Å². The Morgan fingerprint density at radius 3 is 2.73 bits per heavy atom. The lowest BCUT2D eigenvalue weighted by molar-refractivity contribution is -0.116. The van der Waals surface area contributed by atoms with Gasteiger partial charge in [0.25, 0.3) is 5.91 Å². The van der Waals surface area contributed by atoms with Gasteiger partial charge in [0, 0.05) is 11.4 Å². The van der Waals surface area contributed by atoms with Crippen molar-refractivity contribution in [2.75, 3.05) is 11.9 Å². The highest BCUT2D eigenvalue weighted by Gasteiger charge is 2.19. The van der Waals surface area contributed by atoms with E-state index in [4.69, 9.17) is 33.7 Å². The smallest absolute Gasteiger partial charge is 0.259 e. The van der Waals surface area contributed by atoms with Crippen molar-refractivity contribution in [3.63, 3.8) is 0 Å². The Morgan fingerprint density at radius 2 is 2.12 bits per heavy atom. The molecule has 0 aliphatic carbocycles. The Kier molecular flexibility index (Phi) is 6.86. The summed E-state index contributed by atoms with van der Waals surface area (Å²) in [4.78, 5) is 23.7. The molecule has 0 unspecified atom stereocenters. The van der Waals surface area contributed by atoms with Crippen LogP contribution in [0.25, 0.3) is 0 Å². The van der Waals surface area contributed by atoms with E-state index in [0.717, 1.165) is 11.3 Å². The number of nitrogens with zero attached hydrogens (tertiary/aromatic N) is 1. The summed E-state index contributed by atoms with van der Waals surface area (Å²) in [5, 5.41) is 13.1. The molecule has 1 heterocycles. The predicted molar refractivity (Wildman–Crippen MR) is 102 cm³/mol. The number of hydrogen-bond donors (Lipinski definition) is 2. The molecule has 2 rings (SSSR count). The van der Waals surface area contributed by atoms with Gasteiger partial charge in [0.2, 0.25) is 5.91 Å². The van der Waals surface area contributed by atoms with E-state index in [0.29, 0.717) is 32.8 Å². The molecule has 0 radical (unpaired) electrons. The van der Waals surface area contributed by atoms with E-state index in [9.17, 15) is 14.9 Å². The zero-order valence-electron chi connectivity index (χ0n) is 13.8. The van der Waals surface area contributed by atoms with Gasteiger partial charge in [-0.05, 0) is 37.1 Å². The van der Waals surface area contributed by atoms with Crippen molar-refractivity contribution in [1.82, 2.24) is 0 Å². The largest absolute Gasteiger partial charge is 0.492 e. The van der Waals surface area contributed by atoms with Crippen LogP contribution in [-0.2, 0) is 4.79 Å². The summed E-state index contributed by atoms with van der Waals surface area (Å²) >= 11 is 12.8. The summed E-state index contributed by atoms with van der Waals surface area (Å²) in [7, 11) is 0. The quantitative estimate of drug-likeness (QED) is 0.667. The number of anilines is 1. The average molecular weight is 412 g/mol. The molecule has 2 aromatic rings. The molecule has 0 fully saturated rings. The maximum absolute atomic E-state index is 12.1. The number of carbonyl (C=O) groups is 2. The van der Waals surface area contributed by atoms with Crippen molar-refractivity contribution >= 4 is 51.4 Å². The van der Waals surface area contributed by atoms with E-state index in [1.165, 1.54) is 0 Å². The second-order valence-electron chi connectivity index (χ2n) is 5.31. The zero-order valence-corrected chi connectivity index (χ0v) is 16.1. The number of ether oxygens (including phenoxy) is 1. The first kappa shape index (κ1) is 20.0. The minimum absolute atomic E-state index is 0.179. The van der Waals surface area contributed by atoms with E-state index in [2.05, 4.69) is 5.32 Å². The number of benzene rings is 1. The molecule has 136 valence electrons. The number of nitriles is 1. The van der Waals surface area contributed by atoms with Gasteiger partial charge in [0.1, 0.15) is 16.8 Å². The number of carbonyl (C=O) groups excluding carboxylic acids is 2. The third kappa shape index (κ3) is 4.88. The average Bonchev–Trinajstić information content (AvgIpc) is 2.88. The number of hydrogen-bond acceptors (Lipinski definition) is 5. The molecule has 0 bridgehead atoms. The molecule has 9 heteroatoms. The standard InChI is InChI=1S/C17H15Cl2N3O3S/c1-9-11(8-20)17(26-15(9)16(21)24)22-14(23)3-2-6-25-13-5-4-10(18)7-12(13)19/h4-5,7H,2-3,6H2,1H3,(H2,21,24)(H,22,23). The molecule has 26 heavy (non-hydrogen) atoms. The highest BCUT2D eigenvalue weighted by Crippen LogP contribution is 2.32. The van der Waals surface area contributed by atoms with Crippen LogP contribution in [0.3, 0.4) is 0 Å². The number of rotatable bonds is 7. The number of primary amides is 1. The molecule has 0 atom stereocenters. The lowest BCUT2D eigenvalue weighted by Crippen LogP contribution is -2.12. The molecular weight excluding hydrogens is 397 g/mol. The third-order valence-electron chi connectivity index (χ3n) is 3.43. The number of nitrogens with one attached hydrogen (secondary N) is 1. The Balaban J connectivity index is 1.89. The van der Waals surface area contributed by atoms with Crippen LogP contribution >= 0.6 is 34.5 Å². The topological polar surface area (TPSA) is 105 Å². The molecule has 0 saturated heterocycles. The predicted octanol–water partition coefficient (Wildman–Crippen LogP) is 4.13. The molecule has 2 amide bonds. The van der Waals surface area contributed by atoms with E-state index in [1.54, 1.807) is 25.1 Å². The van der Waals surface area contributed by atoms with Crippen molar-refractivity contribution in [1.29, 1.82) is 5.26 Å². The van der Waals surface area contributed by atoms with Crippen LogP contribution in [0.5, 0.6) is 5.75 Å². The maximum atomic E-state index is 12.1. The van der Waals surface area contributed by atoms with Crippen LogP contribution in [0.2, 0.25) is 10.0 Å². The van der Waals surface area contributed by atoms with Crippen molar-refractivity contribution in [2.45, 2.75) is 19.8 Å². The molecule has 6 nitrogen and oxygen atoms in total. The summed E-state index contributed by atoms with van der Waals surface area (Å²) in [6, 6.07) is 6.87. The fraction of sp³-hybridized carbons (Fsp3) is 0.235. The maximum Gasteiger partial charge on any atom is 0.259 e. The molecule has 0 saturated carbocycles. The first-order chi connectivity index (χ1) is 12.3. The molecule has 1 aromatic heterocycles. The van der Waals surface area contributed by atoms with Crippen LogP contribution in [-0.4, -0.2) is 18.4 Å². The molecule has 0 spiro atoms. The summed E-state index contributed by atoms with van der Waals surface area (Å²) in [6.07, 6.45) is 0.624. The van der Waals surface area contributed by atoms with Crippen LogP contribution in [0, 0.1) is 18.3 Å². The first-order valence-corrected chi connectivity index (χ1v) is 9.11. The normalized spacial score (nSPS) is 10.2. The molecule has 0 aliphatic rings. The van der Waals surface area contributed by atoms with E-state index in [-0.39, 0.29) is 29.4 Å². The van der Waals surface area contributed by atoms with E-state index in [1.807, 2.05) is 6.07 Å². The summed E-state index contributed by atoms with van der Waals surface area (Å²) in [5.74, 6) is -0.425. The van der Waals surface area contributed by atoms with E-state index >= 15 is 0 Å². The Labute approximate surface area is 164 Å². The number of thiophene rings is 1. The lowest BCUT2D eigenvalue weighted by Gasteiger charge is -2.08. The second-order valence-corrected chi connectivity index (χ2v) is 7.18. The second kappa shape index (κ2) is 8.90. The Morgan fingerprint density at radius 1 is 1.38 bits per heavy atom. The lowest BCUT2D eigenvalue weighted by atomic mass is 10.1. The van der Waals surface area contributed by atoms with Gasteiger partial charge in [-0.3, -0.25) is 9.59 Å². The van der Waals surface area contributed by atoms with Gasteiger partial charge in [0.15, 0.2) is 0 Å². The van der Waals surface area contributed by atoms with Crippen LogP contribution < -0.4 is 15.8 Å². The fourth-order valence-corrected chi connectivity index (χ4v) is 3.66. The van der Waals surface area contributed by atoms with Crippen LogP contribution in [0.1, 0.15) is 33.6 Å². The van der Waals surface area contributed by atoms with Crippen molar-refractivity contribution < 1.29 is 14.3 Å². The van der Waals surface area contributed by atoms with E-state index < -0.39 is 5.91 Å². The Hall–Kier alpha value is -2.27. The van der Waals surface area contributed by atoms with Crippen molar-refractivity contribution in [3.8, 4) is 11.8 Å². The monoisotopic (exact) mass is 411 g/mol. The minimum Gasteiger partial charge on any atom is -0.492 e. The van der Waals surface area contributed by atoms with Gasteiger partial charge in [-0.1, -0.05) is 23.2 Å². The number of nitrogens with two attached hydrogens (primary N) is 1. The molecular formula is C17H15Cl2N3O3S. The SMILES string of the molecule is Cc1c(C(N)=O)sc(NC(=O)CCCOc2ccc(Cl)cc2Cl)c1C#N. The zero-order chi connectivity index (χ0) is 19.3. The minimum atomic E-state index is -0.627.